The molecule has 0 saturated carbocycles. The van der Waals surface area contributed by atoms with Crippen LogP contribution in [0.2, 0.25) is 5.02 Å². The molecule has 0 amide bonds. The highest BCUT2D eigenvalue weighted by atomic mass is 35.5. The van der Waals surface area contributed by atoms with Gasteiger partial charge in [-0.25, -0.2) is 4.39 Å². The number of benzene rings is 2. The maximum Gasteiger partial charge on any atom is 0.316 e. The standard InChI is InChI=1S/C22H23ClFN3O3/c1-13-5-6-15(22(2,3)29)9-18(13)25-21-26-20(28)19(30-4)12-27(21)11-14-7-16(23)10-17(24)8-14/h5-10,12,29H,11H2,1-4H3,(H,25,26,28). The van der Waals surface area contributed by atoms with Gasteiger partial charge in [0, 0.05) is 10.7 Å². The molecule has 0 spiro atoms. The molecule has 6 nitrogen and oxygen atoms in total. The zero-order valence-corrected chi connectivity index (χ0v) is 17.9. The van der Waals surface area contributed by atoms with Gasteiger partial charge in [0.2, 0.25) is 11.7 Å². The van der Waals surface area contributed by atoms with Gasteiger partial charge in [0.15, 0.2) is 0 Å². The predicted molar refractivity (Wildman–Crippen MR) is 115 cm³/mol. The molecule has 0 aliphatic heterocycles. The zero-order valence-electron chi connectivity index (χ0n) is 17.2. The second-order valence-corrected chi connectivity index (χ2v) is 7.99. The molecule has 0 aliphatic rings. The van der Waals surface area contributed by atoms with E-state index in [1.165, 1.54) is 25.4 Å². The molecular formula is C22H23ClFN3O3. The van der Waals surface area contributed by atoms with Gasteiger partial charge in [0.1, 0.15) is 5.82 Å². The van der Waals surface area contributed by atoms with Crippen molar-refractivity contribution in [1.29, 1.82) is 0 Å². The number of nitrogens with one attached hydrogen (secondary N) is 1. The molecule has 0 saturated heterocycles. The fourth-order valence-corrected chi connectivity index (χ4v) is 3.23. The van der Waals surface area contributed by atoms with Crippen LogP contribution in [0.15, 0.2) is 47.4 Å². The van der Waals surface area contributed by atoms with Crippen LogP contribution in [0.4, 0.5) is 16.0 Å². The third-order valence-electron chi connectivity index (χ3n) is 4.65. The van der Waals surface area contributed by atoms with Crippen molar-refractivity contribution in [2.24, 2.45) is 0 Å². The highest BCUT2D eigenvalue weighted by molar-refractivity contribution is 6.30. The molecule has 0 aliphatic carbocycles. The van der Waals surface area contributed by atoms with Crippen molar-refractivity contribution in [1.82, 2.24) is 9.55 Å². The number of hydrogen-bond donors (Lipinski definition) is 2. The molecule has 0 bridgehead atoms. The van der Waals surface area contributed by atoms with Crippen molar-refractivity contribution >= 4 is 23.2 Å². The summed E-state index contributed by atoms with van der Waals surface area (Å²) in [6.07, 6.45) is 1.51. The van der Waals surface area contributed by atoms with Gasteiger partial charge in [-0.1, -0.05) is 23.7 Å². The fourth-order valence-electron chi connectivity index (χ4n) is 2.99. The maximum absolute atomic E-state index is 13.8. The maximum atomic E-state index is 13.8. The fraction of sp³-hybridized carbons (Fsp3) is 0.273. The molecule has 2 N–H and O–H groups in total. The number of halogens is 2. The van der Waals surface area contributed by atoms with E-state index in [0.717, 1.165) is 5.56 Å². The van der Waals surface area contributed by atoms with Crippen LogP contribution in [0, 0.1) is 12.7 Å². The van der Waals surface area contributed by atoms with Gasteiger partial charge in [0.05, 0.1) is 25.5 Å². The minimum Gasteiger partial charge on any atom is -0.490 e. The Hall–Kier alpha value is -2.90. The van der Waals surface area contributed by atoms with E-state index in [9.17, 15) is 14.3 Å². The highest BCUT2D eigenvalue weighted by Crippen LogP contribution is 2.27. The first-order chi connectivity index (χ1) is 14.1. The number of aryl methyl sites for hydroxylation is 1. The lowest BCUT2D eigenvalue weighted by Crippen LogP contribution is -2.19. The summed E-state index contributed by atoms with van der Waals surface area (Å²) < 4.78 is 20.5. The summed E-state index contributed by atoms with van der Waals surface area (Å²) in [7, 11) is 1.38. The van der Waals surface area contributed by atoms with Crippen molar-refractivity contribution in [3.63, 3.8) is 0 Å². The van der Waals surface area contributed by atoms with E-state index in [0.29, 0.717) is 16.8 Å². The second-order valence-electron chi connectivity index (χ2n) is 7.56. The van der Waals surface area contributed by atoms with E-state index < -0.39 is 17.0 Å². The Kier molecular flexibility index (Phi) is 6.14. The minimum absolute atomic E-state index is 0.0602. The summed E-state index contributed by atoms with van der Waals surface area (Å²) in [4.78, 5) is 16.4. The molecule has 0 fully saturated rings. The van der Waals surface area contributed by atoms with E-state index >= 15 is 0 Å². The number of aliphatic hydroxyl groups is 1. The van der Waals surface area contributed by atoms with Crippen molar-refractivity contribution < 1.29 is 14.2 Å². The minimum atomic E-state index is -1.03. The Bertz CT molecular complexity index is 1120. The molecule has 158 valence electrons. The summed E-state index contributed by atoms with van der Waals surface area (Å²) in [5, 5.41) is 13.7. The lowest BCUT2D eigenvalue weighted by Gasteiger charge is -2.21. The Morgan fingerprint density at radius 1 is 1.27 bits per heavy atom. The van der Waals surface area contributed by atoms with Crippen LogP contribution in [-0.2, 0) is 12.1 Å². The molecule has 3 aromatic rings. The smallest absolute Gasteiger partial charge is 0.316 e. The predicted octanol–water partition coefficient (Wildman–Crippen LogP) is 4.37. The van der Waals surface area contributed by atoms with Gasteiger partial charge in [-0.3, -0.25) is 4.79 Å². The molecule has 1 aromatic heterocycles. The van der Waals surface area contributed by atoms with Crippen molar-refractivity contribution in [3.05, 3.63) is 80.5 Å². The normalized spacial score (nSPS) is 11.4. The lowest BCUT2D eigenvalue weighted by molar-refractivity contribution is 0.0786. The average Bonchev–Trinajstić information content (AvgIpc) is 2.63. The summed E-state index contributed by atoms with van der Waals surface area (Å²) in [5.74, 6) is -0.149. The number of ether oxygens (including phenoxy) is 1. The first-order valence-electron chi connectivity index (χ1n) is 9.28. The quantitative estimate of drug-likeness (QED) is 0.606. The van der Waals surface area contributed by atoms with Crippen molar-refractivity contribution in [2.75, 3.05) is 12.4 Å². The molecule has 0 radical (unpaired) electrons. The highest BCUT2D eigenvalue weighted by Gasteiger charge is 2.18. The van der Waals surface area contributed by atoms with Crippen LogP contribution in [0.5, 0.6) is 5.75 Å². The third-order valence-corrected chi connectivity index (χ3v) is 4.87. The van der Waals surface area contributed by atoms with Gasteiger partial charge in [-0.05, 0) is 61.7 Å². The summed E-state index contributed by atoms with van der Waals surface area (Å²) >= 11 is 5.97. The van der Waals surface area contributed by atoms with Crippen LogP contribution >= 0.6 is 11.6 Å². The molecule has 1 heterocycles. The molecule has 0 unspecified atom stereocenters. The molecule has 3 rings (SSSR count). The molecule has 8 heteroatoms. The van der Waals surface area contributed by atoms with E-state index in [1.54, 1.807) is 30.5 Å². The van der Waals surface area contributed by atoms with Gasteiger partial charge < -0.3 is 19.7 Å². The molecule has 30 heavy (non-hydrogen) atoms. The van der Waals surface area contributed by atoms with Gasteiger partial charge in [-0.15, -0.1) is 0 Å². The van der Waals surface area contributed by atoms with E-state index in [4.69, 9.17) is 16.3 Å². The van der Waals surface area contributed by atoms with E-state index in [1.807, 2.05) is 19.1 Å². The number of methoxy groups -OCH3 is 1. The monoisotopic (exact) mass is 431 g/mol. The average molecular weight is 432 g/mol. The lowest BCUT2D eigenvalue weighted by atomic mass is 9.96. The first-order valence-corrected chi connectivity index (χ1v) is 9.65. The number of aromatic nitrogens is 2. The third kappa shape index (κ3) is 4.98. The van der Waals surface area contributed by atoms with Crippen LogP contribution in [0.3, 0.4) is 0 Å². The van der Waals surface area contributed by atoms with Crippen LogP contribution in [0.25, 0.3) is 0 Å². The van der Waals surface area contributed by atoms with Gasteiger partial charge in [-0.2, -0.15) is 4.98 Å². The Morgan fingerprint density at radius 2 is 2.00 bits per heavy atom. The topological polar surface area (TPSA) is 76.4 Å². The Morgan fingerprint density at radius 3 is 2.63 bits per heavy atom. The zero-order chi connectivity index (χ0) is 22.1. The Labute approximate surface area is 178 Å². The Balaban J connectivity index is 2.06. The number of hydrogen-bond acceptors (Lipinski definition) is 5. The van der Waals surface area contributed by atoms with Gasteiger partial charge in [0.25, 0.3) is 0 Å². The molecule has 0 atom stereocenters. The first kappa shape index (κ1) is 21.8. The molecule has 2 aromatic carbocycles. The largest absolute Gasteiger partial charge is 0.490 e. The summed E-state index contributed by atoms with van der Waals surface area (Å²) in [6.45, 7) is 5.48. The van der Waals surface area contributed by atoms with Crippen LogP contribution in [-0.4, -0.2) is 21.8 Å². The van der Waals surface area contributed by atoms with Crippen LogP contribution in [0.1, 0.15) is 30.5 Å². The second kappa shape index (κ2) is 8.45. The van der Waals surface area contributed by atoms with Crippen molar-refractivity contribution in [3.8, 4) is 5.75 Å². The SMILES string of the molecule is COc1cn(Cc2cc(F)cc(Cl)c2)c(Nc2cc(C(C)(C)O)ccc2C)nc1=O. The van der Waals surface area contributed by atoms with E-state index in [2.05, 4.69) is 10.3 Å². The summed E-state index contributed by atoms with van der Waals surface area (Å²) in [5.41, 5.74) is 1.30. The molecular weight excluding hydrogens is 409 g/mol. The number of rotatable bonds is 6. The van der Waals surface area contributed by atoms with E-state index in [-0.39, 0.29) is 23.3 Å². The van der Waals surface area contributed by atoms with Gasteiger partial charge >= 0.3 is 5.56 Å². The van der Waals surface area contributed by atoms with Crippen LogP contribution < -0.4 is 15.6 Å². The number of anilines is 2. The van der Waals surface area contributed by atoms with Crippen molar-refractivity contribution in [2.45, 2.75) is 32.9 Å². The number of nitrogens with zero attached hydrogens (tertiary/aromatic N) is 2. The summed E-state index contributed by atoms with van der Waals surface area (Å²) in [6, 6.07) is 9.73.